The number of hydrogen-bond donors (Lipinski definition) is 0. The first-order valence-corrected chi connectivity index (χ1v) is 9.72. The lowest BCUT2D eigenvalue weighted by Gasteiger charge is -2.17. The fraction of sp³-hybridized carbons (Fsp3) is 0.900. The van der Waals surface area contributed by atoms with Gasteiger partial charge in [0.1, 0.15) is 0 Å². The number of unbranched alkanes of at least 4 members (excludes halogenated alkanes) is 10. The Hall–Kier alpha value is -0.300. The first kappa shape index (κ1) is 20.7. The molecule has 0 spiro atoms. The van der Waals surface area contributed by atoms with Crippen molar-refractivity contribution in [2.75, 3.05) is 19.6 Å². The molecule has 0 aliphatic heterocycles. The van der Waals surface area contributed by atoms with Crippen molar-refractivity contribution in [1.82, 2.24) is 4.90 Å². The van der Waals surface area contributed by atoms with Crippen LogP contribution < -0.4 is 0 Å². The smallest absolute Gasteiger partial charge is 0.00190 e. The zero-order valence-electron chi connectivity index (χ0n) is 15.2. The highest BCUT2D eigenvalue weighted by Crippen LogP contribution is 2.09. The highest BCUT2D eigenvalue weighted by atomic mass is 15.1. The van der Waals surface area contributed by atoms with Gasteiger partial charge in [0.2, 0.25) is 0 Å². The van der Waals surface area contributed by atoms with E-state index in [0.717, 1.165) is 0 Å². The molecule has 0 N–H and O–H groups in total. The molecule has 21 heavy (non-hydrogen) atoms. The number of allylic oxidation sites excluding steroid dienone is 2. The first-order valence-electron chi connectivity index (χ1n) is 9.72. The van der Waals surface area contributed by atoms with E-state index >= 15 is 0 Å². The van der Waals surface area contributed by atoms with Gasteiger partial charge in [-0.3, -0.25) is 0 Å². The van der Waals surface area contributed by atoms with Crippen molar-refractivity contribution in [3.05, 3.63) is 12.2 Å². The summed E-state index contributed by atoms with van der Waals surface area (Å²) >= 11 is 0. The molecule has 0 aliphatic rings. The molecule has 0 radical (unpaired) electrons. The van der Waals surface area contributed by atoms with Gasteiger partial charge >= 0.3 is 0 Å². The van der Waals surface area contributed by atoms with Gasteiger partial charge in [0.25, 0.3) is 0 Å². The molecule has 0 saturated heterocycles. The van der Waals surface area contributed by atoms with Crippen LogP contribution in [0.5, 0.6) is 0 Å². The lowest BCUT2D eigenvalue weighted by Crippen LogP contribution is -2.23. The minimum Gasteiger partial charge on any atom is -0.304 e. The number of rotatable bonds is 16. The molecular weight excluding hydrogens is 254 g/mol. The van der Waals surface area contributed by atoms with Crippen LogP contribution in [-0.4, -0.2) is 24.5 Å². The predicted octanol–water partition coefficient (Wildman–Crippen LogP) is 6.59. The van der Waals surface area contributed by atoms with Crippen molar-refractivity contribution in [2.45, 2.75) is 97.8 Å². The molecule has 0 atom stereocenters. The standard InChI is InChI=1S/C20H41N/c1-4-7-8-9-10-11-12-13-14-15-16-17-18-19-20-21(5-2)6-3/h11-12H,4-10,13-20H2,1-3H3/b12-11+. The minimum absolute atomic E-state index is 1.21. The van der Waals surface area contributed by atoms with Gasteiger partial charge in [-0.25, -0.2) is 0 Å². The van der Waals surface area contributed by atoms with Crippen LogP contribution in [0.25, 0.3) is 0 Å². The molecule has 0 aromatic carbocycles. The van der Waals surface area contributed by atoms with Crippen LogP contribution >= 0.6 is 0 Å². The normalized spacial score (nSPS) is 11.8. The largest absolute Gasteiger partial charge is 0.304 e. The Bertz CT molecular complexity index is 206. The third-order valence-electron chi connectivity index (χ3n) is 4.38. The molecule has 0 bridgehead atoms. The summed E-state index contributed by atoms with van der Waals surface area (Å²) in [5, 5.41) is 0. The van der Waals surface area contributed by atoms with E-state index in [9.17, 15) is 0 Å². The third-order valence-corrected chi connectivity index (χ3v) is 4.38. The van der Waals surface area contributed by atoms with E-state index in [1.165, 1.54) is 96.7 Å². The molecule has 0 aliphatic carbocycles. The maximum atomic E-state index is 2.53. The first-order chi connectivity index (χ1) is 10.3. The maximum Gasteiger partial charge on any atom is -0.00190 e. The van der Waals surface area contributed by atoms with Crippen LogP contribution in [0.1, 0.15) is 97.8 Å². The van der Waals surface area contributed by atoms with Crippen molar-refractivity contribution in [2.24, 2.45) is 0 Å². The molecule has 0 fully saturated rings. The Labute approximate surface area is 135 Å². The Kier molecular flexibility index (Phi) is 17.5. The van der Waals surface area contributed by atoms with Crippen LogP contribution in [0.15, 0.2) is 12.2 Å². The molecule has 0 saturated carbocycles. The van der Waals surface area contributed by atoms with E-state index in [4.69, 9.17) is 0 Å². The lowest BCUT2D eigenvalue weighted by atomic mass is 10.1. The highest BCUT2D eigenvalue weighted by Gasteiger charge is 1.97. The van der Waals surface area contributed by atoms with Gasteiger partial charge in [-0.2, -0.15) is 0 Å². The van der Waals surface area contributed by atoms with Crippen LogP contribution in [0, 0.1) is 0 Å². The van der Waals surface area contributed by atoms with Crippen LogP contribution in [0.2, 0.25) is 0 Å². The van der Waals surface area contributed by atoms with Gasteiger partial charge in [0.15, 0.2) is 0 Å². The summed E-state index contributed by atoms with van der Waals surface area (Å²) in [7, 11) is 0. The highest BCUT2D eigenvalue weighted by molar-refractivity contribution is 4.81. The van der Waals surface area contributed by atoms with Crippen molar-refractivity contribution in [3.8, 4) is 0 Å². The summed E-state index contributed by atoms with van der Waals surface area (Å²) in [4.78, 5) is 2.53. The topological polar surface area (TPSA) is 3.24 Å². The SMILES string of the molecule is CCCCCC/C=C/CCCCCCCCN(CC)CC. The van der Waals surface area contributed by atoms with Gasteiger partial charge in [0.05, 0.1) is 0 Å². The van der Waals surface area contributed by atoms with Crippen molar-refractivity contribution < 1.29 is 0 Å². The van der Waals surface area contributed by atoms with Crippen LogP contribution in [-0.2, 0) is 0 Å². The van der Waals surface area contributed by atoms with Gasteiger partial charge < -0.3 is 4.90 Å². The van der Waals surface area contributed by atoms with Crippen LogP contribution in [0.4, 0.5) is 0 Å². The van der Waals surface area contributed by atoms with E-state index in [0.29, 0.717) is 0 Å². The molecule has 0 aromatic heterocycles. The fourth-order valence-corrected chi connectivity index (χ4v) is 2.77. The summed E-state index contributed by atoms with van der Waals surface area (Å²) in [6, 6.07) is 0. The lowest BCUT2D eigenvalue weighted by molar-refractivity contribution is 0.295. The second-order valence-corrected chi connectivity index (χ2v) is 6.26. The molecule has 0 heterocycles. The molecule has 0 aromatic rings. The average molecular weight is 296 g/mol. The Morgan fingerprint density at radius 2 is 1.05 bits per heavy atom. The Balaban J connectivity index is 3.13. The number of hydrogen-bond acceptors (Lipinski definition) is 1. The Morgan fingerprint density at radius 1 is 0.571 bits per heavy atom. The van der Waals surface area contributed by atoms with Crippen molar-refractivity contribution >= 4 is 0 Å². The summed E-state index contributed by atoms with van der Waals surface area (Å²) in [6.45, 7) is 10.5. The van der Waals surface area contributed by atoms with E-state index in [2.05, 4.69) is 37.8 Å². The fourth-order valence-electron chi connectivity index (χ4n) is 2.77. The number of nitrogens with zero attached hydrogens (tertiary/aromatic N) is 1. The monoisotopic (exact) mass is 295 g/mol. The van der Waals surface area contributed by atoms with E-state index in [-0.39, 0.29) is 0 Å². The van der Waals surface area contributed by atoms with Crippen molar-refractivity contribution in [3.63, 3.8) is 0 Å². The quantitative estimate of drug-likeness (QED) is 0.229. The third kappa shape index (κ3) is 15.9. The summed E-state index contributed by atoms with van der Waals surface area (Å²) in [5.41, 5.74) is 0. The zero-order chi connectivity index (χ0) is 15.6. The predicted molar refractivity (Wildman–Crippen MR) is 98.0 cm³/mol. The molecule has 0 rings (SSSR count). The van der Waals surface area contributed by atoms with E-state index in [1.807, 2.05) is 0 Å². The van der Waals surface area contributed by atoms with Crippen molar-refractivity contribution in [1.29, 1.82) is 0 Å². The zero-order valence-corrected chi connectivity index (χ0v) is 15.2. The maximum absolute atomic E-state index is 2.53. The van der Waals surface area contributed by atoms with Crippen LogP contribution in [0.3, 0.4) is 0 Å². The second-order valence-electron chi connectivity index (χ2n) is 6.26. The summed E-state index contributed by atoms with van der Waals surface area (Å²) in [5.74, 6) is 0. The Morgan fingerprint density at radius 3 is 1.57 bits per heavy atom. The summed E-state index contributed by atoms with van der Waals surface area (Å²) in [6.07, 6.45) is 21.4. The molecule has 0 unspecified atom stereocenters. The molecule has 1 heteroatoms. The summed E-state index contributed by atoms with van der Waals surface area (Å²) < 4.78 is 0. The van der Waals surface area contributed by atoms with Gasteiger partial charge in [-0.05, 0) is 51.7 Å². The van der Waals surface area contributed by atoms with Gasteiger partial charge in [0, 0.05) is 0 Å². The molecular formula is C20H41N. The molecule has 126 valence electrons. The molecule has 1 nitrogen and oxygen atoms in total. The van der Waals surface area contributed by atoms with Gasteiger partial charge in [-0.1, -0.05) is 77.9 Å². The molecule has 0 amide bonds. The van der Waals surface area contributed by atoms with E-state index in [1.54, 1.807) is 0 Å². The van der Waals surface area contributed by atoms with E-state index < -0.39 is 0 Å². The average Bonchev–Trinajstić information content (AvgIpc) is 2.51. The second kappa shape index (κ2) is 17.8. The van der Waals surface area contributed by atoms with Gasteiger partial charge in [-0.15, -0.1) is 0 Å². The minimum atomic E-state index is 1.21.